The fourth-order valence-electron chi connectivity index (χ4n) is 2.95. The maximum absolute atomic E-state index is 2.99. The summed E-state index contributed by atoms with van der Waals surface area (Å²) in [6.45, 7) is 8.42. The zero-order chi connectivity index (χ0) is 19.9. The summed E-state index contributed by atoms with van der Waals surface area (Å²) in [5, 5.41) is 5.41. The molecule has 3 radical (unpaired) electrons. The predicted molar refractivity (Wildman–Crippen MR) is 125 cm³/mol. The Morgan fingerprint density at radius 3 is 2.07 bits per heavy atom. The maximum Gasteiger partial charge on any atom is 4.00 e. The summed E-state index contributed by atoms with van der Waals surface area (Å²) in [6, 6.07) is 17.4. The van der Waals surface area contributed by atoms with Gasteiger partial charge >= 0.3 is 26.2 Å². The zero-order valence-electron chi connectivity index (χ0n) is 18.6. The first-order valence-electron chi connectivity index (χ1n) is 10.0. The Balaban J connectivity index is -0.000000390. The molecule has 0 N–H and O–H groups in total. The quantitative estimate of drug-likeness (QED) is 0.274. The molecule has 0 aliphatic heterocycles. The van der Waals surface area contributed by atoms with Gasteiger partial charge < -0.3 is 24.8 Å². The van der Waals surface area contributed by atoms with Crippen LogP contribution in [0.4, 0.5) is 0 Å². The summed E-state index contributed by atoms with van der Waals surface area (Å²) in [5.74, 6) is 0. The maximum atomic E-state index is 2.99. The van der Waals surface area contributed by atoms with Gasteiger partial charge in [0.1, 0.15) is 0 Å². The Hall–Kier alpha value is -0.530. The number of rotatable bonds is 3. The third-order valence-electron chi connectivity index (χ3n) is 4.30. The minimum atomic E-state index is 0. The van der Waals surface area contributed by atoms with Crippen molar-refractivity contribution in [3.63, 3.8) is 0 Å². The van der Waals surface area contributed by atoms with E-state index in [-0.39, 0.29) is 51.0 Å². The van der Waals surface area contributed by atoms with Crippen LogP contribution in [0.2, 0.25) is 6.55 Å². The Bertz CT molecular complexity index is 823. The normalized spacial score (nSPS) is 10.2. The van der Waals surface area contributed by atoms with Gasteiger partial charge in [0.15, 0.2) is 0 Å². The smallest absolute Gasteiger partial charge is 1.00 e. The molecule has 0 saturated carbocycles. The molecule has 0 aromatic heterocycles. The van der Waals surface area contributed by atoms with Crippen molar-refractivity contribution in [3.05, 3.63) is 78.4 Å². The number of benzene rings is 2. The SMILES string of the molecule is CCCCCC.C[Si].Cc1cc2c(ccc3ccccc32)[cH-]1.[C-]1=CC=CC1.[Cl-].[Cl-].[Zr+4]. The molecule has 0 amide bonds. The second-order valence-corrected chi connectivity index (χ2v) is 6.53. The minimum absolute atomic E-state index is 0. The van der Waals surface area contributed by atoms with E-state index in [0.717, 1.165) is 6.42 Å². The largest absolute Gasteiger partial charge is 4.00 e. The van der Waals surface area contributed by atoms with Crippen LogP contribution in [0.3, 0.4) is 0 Å². The van der Waals surface area contributed by atoms with Crippen LogP contribution in [0.5, 0.6) is 0 Å². The molecule has 0 saturated heterocycles. The number of halogens is 2. The van der Waals surface area contributed by atoms with Gasteiger partial charge in [-0.05, 0) is 5.39 Å². The standard InChI is InChI=1S/C14H11.C6H14.C5H5.CH3Si.2ClH.Zr/c1-10-8-12-7-6-11-4-2-3-5-13(11)14(12)9-10;1-3-5-6-4-2;1-2-4-5-3-1;1-2;;;/h2-9H,1H3;3-6H2,1-2H3;1-3H,4H2;1H3;2*1H;/q-1;;-1;;;;+4/p-2. The number of aryl methyl sites for hydroxylation is 1. The Kier molecular flexibility index (Phi) is 24.7. The van der Waals surface area contributed by atoms with Crippen molar-refractivity contribution < 1.29 is 51.0 Å². The molecule has 0 nitrogen and oxygen atoms in total. The second kappa shape index (κ2) is 21.7. The van der Waals surface area contributed by atoms with E-state index in [9.17, 15) is 0 Å². The van der Waals surface area contributed by atoms with Gasteiger partial charge in [-0.3, -0.25) is 6.08 Å². The van der Waals surface area contributed by atoms with Crippen molar-refractivity contribution in [2.45, 2.75) is 59.4 Å². The van der Waals surface area contributed by atoms with E-state index < -0.39 is 0 Å². The number of allylic oxidation sites excluding steroid dienone is 4. The van der Waals surface area contributed by atoms with E-state index in [4.69, 9.17) is 0 Å². The molecule has 1 aliphatic rings. The first kappa shape index (κ1) is 34.1. The van der Waals surface area contributed by atoms with Crippen molar-refractivity contribution >= 4 is 31.8 Å². The van der Waals surface area contributed by atoms with Crippen molar-refractivity contribution in [2.24, 2.45) is 0 Å². The molecule has 0 fully saturated rings. The number of hydrogen-bond donors (Lipinski definition) is 0. The minimum Gasteiger partial charge on any atom is -1.00 e. The summed E-state index contributed by atoms with van der Waals surface area (Å²) in [5.41, 5.74) is 1.34. The molecule has 3 aromatic rings. The summed E-state index contributed by atoms with van der Waals surface area (Å²) in [6.07, 6.45) is 15.5. The van der Waals surface area contributed by atoms with Crippen LogP contribution in [0, 0.1) is 13.0 Å². The molecule has 3 aromatic carbocycles. The molecular weight excluding hydrogens is 503 g/mol. The topological polar surface area (TPSA) is 0 Å². The molecule has 4 heteroatoms. The average Bonchev–Trinajstić information content (AvgIpc) is 3.41. The molecule has 30 heavy (non-hydrogen) atoms. The van der Waals surface area contributed by atoms with E-state index in [1.165, 1.54) is 52.8 Å². The van der Waals surface area contributed by atoms with Gasteiger partial charge in [-0.1, -0.05) is 88.7 Å². The predicted octanol–water partition coefficient (Wildman–Crippen LogP) is 2.12. The first-order chi connectivity index (χ1) is 13.3. The third-order valence-corrected chi connectivity index (χ3v) is 4.30. The van der Waals surface area contributed by atoms with E-state index in [1.54, 1.807) is 6.55 Å². The monoisotopic (exact) mass is 533 g/mol. The second-order valence-electron chi connectivity index (χ2n) is 6.53. The molecular formula is C26H33Cl2SiZr. The van der Waals surface area contributed by atoms with Crippen LogP contribution in [0.15, 0.2) is 66.8 Å². The number of fused-ring (bicyclic) bond motifs is 3. The van der Waals surface area contributed by atoms with Crippen LogP contribution in [0.1, 0.15) is 51.5 Å². The Labute approximate surface area is 219 Å². The van der Waals surface area contributed by atoms with Gasteiger partial charge in [0, 0.05) is 10.2 Å². The molecule has 0 spiro atoms. The van der Waals surface area contributed by atoms with Gasteiger partial charge in [0.2, 0.25) is 0 Å². The van der Waals surface area contributed by atoms with Crippen LogP contribution in [0.25, 0.3) is 21.5 Å². The fraction of sp³-hybridized carbons (Fsp3) is 0.346. The summed E-state index contributed by atoms with van der Waals surface area (Å²) >= 11 is 0. The number of hydrogen-bond acceptors (Lipinski definition) is 0. The van der Waals surface area contributed by atoms with Crippen molar-refractivity contribution in [1.29, 1.82) is 0 Å². The van der Waals surface area contributed by atoms with Crippen molar-refractivity contribution in [1.82, 2.24) is 0 Å². The Morgan fingerprint density at radius 2 is 1.57 bits per heavy atom. The van der Waals surface area contributed by atoms with Gasteiger partial charge in [-0.2, -0.15) is 12.1 Å². The first-order valence-corrected chi connectivity index (χ1v) is 11.0. The van der Waals surface area contributed by atoms with Gasteiger partial charge in [0.05, 0.1) is 0 Å². The molecule has 0 unspecified atom stereocenters. The summed E-state index contributed by atoms with van der Waals surface area (Å²) in [7, 11) is 2.97. The van der Waals surface area contributed by atoms with Crippen LogP contribution in [-0.2, 0) is 26.2 Å². The van der Waals surface area contributed by atoms with E-state index in [2.05, 4.69) is 91.7 Å². The molecule has 0 bridgehead atoms. The van der Waals surface area contributed by atoms with Crippen LogP contribution >= 0.6 is 0 Å². The van der Waals surface area contributed by atoms with Gasteiger partial charge in [-0.15, -0.1) is 34.9 Å². The van der Waals surface area contributed by atoms with E-state index in [0.29, 0.717) is 0 Å². The van der Waals surface area contributed by atoms with E-state index in [1.807, 2.05) is 12.2 Å². The molecule has 0 atom stereocenters. The van der Waals surface area contributed by atoms with Gasteiger partial charge in [0.25, 0.3) is 0 Å². The van der Waals surface area contributed by atoms with Gasteiger partial charge in [-0.25, -0.2) is 12.2 Å². The average molecular weight is 536 g/mol. The van der Waals surface area contributed by atoms with Crippen molar-refractivity contribution in [2.75, 3.05) is 0 Å². The molecule has 159 valence electrons. The Morgan fingerprint density at radius 1 is 0.933 bits per heavy atom. The molecule has 4 rings (SSSR count). The summed E-state index contributed by atoms with van der Waals surface area (Å²) in [4.78, 5) is 0. The zero-order valence-corrected chi connectivity index (χ0v) is 23.6. The molecule has 1 aliphatic carbocycles. The van der Waals surface area contributed by atoms with Crippen LogP contribution in [-0.4, -0.2) is 10.2 Å². The molecule has 0 heterocycles. The fourth-order valence-corrected chi connectivity index (χ4v) is 2.95. The van der Waals surface area contributed by atoms with E-state index >= 15 is 0 Å². The number of unbranched alkanes of at least 4 members (excludes halogenated alkanes) is 3. The summed E-state index contributed by atoms with van der Waals surface area (Å²) < 4.78 is 0. The third kappa shape index (κ3) is 12.4. The van der Waals surface area contributed by atoms with Crippen molar-refractivity contribution in [3.8, 4) is 0 Å². The van der Waals surface area contributed by atoms with Crippen LogP contribution < -0.4 is 24.8 Å².